The molecule has 0 saturated carbocycles. The smallest absolute Gasteiger partial charge is 0.338 e. The van der Waals surface area contributed by atoms with Gasteiger partial charge in [-0.1, -0.05) is 69.6 Å². The lowest BCUT2D eigenvalue weighted by Gasteiger charge is -2.09. The van der Waals surface area contributed by atoms with Gasteiger partial charge in [0.2, 0.25) is 0 Å². The van der Waals surface area contributed by atoms with Crippen LogP contribution in [0.25, 0.3) is 0 Å². The summed E-state index contributed by atoms with van der Waals surface area (Å²) in [6.45, 7) is -4.02. The number of carbonyl (C=O) groups excluding carboxylic acids is 1. The topological polar surface area (TPSA) is 60.4 Å². The van der Waals surface area contributed by atoms with Crippen molar-refractivity contribution in [3.8, 4) is 0 Å². The normalized spacial score (nSPS) is 30.9. The third-order valence-corrected chi connectivity index (χ3v) is 3.45. The molecule has 1 aromatic rings. The monoisotopic (exact) mass is 376 g/mol. The molecule has 24 heavy (non-hydrogen) atoms. The van der Waals surface area contributed by atoms with Crippen LogP contribution < -0.4 is 0 Å². The quantitative estimate of drug-likeness (QED) is 0.503. The summed E-state index contributed by atoms with van der Waals surface area (Å²) < 4.78 is 205. The summed E-state index contributed by atoms with van der Waals surface area (Å²) in [6, 6.07) is 2.29. The van der Waals surface area contributed by atoms with Crippen LogP contribution in [-0.4, -0.2) is 27.2 Å². The van der Waals surface area contributed by atoms with Gasteiger partial charge < -0.3 is 4.74 Å². The Balaban J connectivity index is 3.87. The zero-order valence-electron chi connectivity index (χ0n) is 34.5. The fourth-order valence-electron chi connectivity index (χ4n) is 1.42. The molecular formula is C19H30O4S. The van der Waals surface area contributed by atoms with E-state index in [1.54, 1.807) is 0 Å². The molecule has 4 nitrogen and oxygen atoms in total. The molecule has 0 saturated heterocycles. The van der Waals surface area contributed by atoms with Gasteiger partial charge in [0.05, 0.1) is 25.5 Å². The number of methoxy groups -OCH3 is 1. The van der Waals surface area contributed by atoms with Crippen LogP contribution in [0.5, 0.6) is 0 Å². The number of ether oxygens (including phenoxy) is 1. The lowest BCUT2D eigenvalue weighted by atomic mass is 10.1. The van der Waals surface area contributed by atoms with E-state index in [2.05, 4.69) is 4.74 Å². The minimum absolute atomic E-state index is 0.336. The third-order valence-electron chi connectivity index (χ3n) is 2.35. The van der Waals surface area contributed by atoms with Crippen LogP contribution in [0.4, 0.5) is 0 Å². The van der Waals surface area contributed by atoms with E-state index in [1.807, 2.05) is 0 Å². The van der Waals surface area contributed by atoms with Crippen LogP contribution >= 0.6 is 0 Å². The highest BCUT2D eigenvalue weighted by molar-refractivity contribution is 7.90. The van der Waals surface area contributed by atoms with Gasteiger partial charge in [-0.2, -0.15) is 0 Å². The Kier molecular flexibility index (Phi) is 2.49. The first-order chi connectivity index (χ1) is 19.8. The second kappa shape index (κ2) is 11.2. The van der Waals surface area contributed by atoms with Crippen molar-refractivity contribution in [1.82, 2.24) is 0 Å². The molecule has 0 aromatic heterocycles. The minimum Gasteiger partial charge on any atom is -0.465 e. The Morgan fingerprint density at radius 1 is 1.17 bits per heavy atom. The van der Waals surface area contributed by atoms with Gasteiger partial charge in [0.15, 0.2) is 9.84 Å². The molecule has 0 fully saturated rings. The van der Waals surface area contributed by atoms with Gasteiger partial charge in [0.1, 0.15) is 0 Å². The first-order valence-corrected chi connectivity index (χ1v) is 7.89. The van der Waals surface area contributed by atoms with E-state index in [0.29, 0.717) is 0 Å². The van der Waals surface area contributed by atoms with E-state index in [0.717, 1.165) is 25.3 Å². The highest BCUT2D eigenvalue weighted by Gasteiger charge is 2.17. The molecule has 0 spiro atoms. The van der Waals surface area contributed by atoms with Gasteiger partial charge in [-0.25, -0.2) is 13.2 Å². The average molecular weight is 377 g/mol. The van der Waals surface area contributed by atoms with Crippen LogP contribution in [0.1, 0.15) is 104 Å². The number of carbonyl (C=O) groups is 1. The van der Waals surface area contributed by atoms with Crippen molar-refractivity contribution >= 4 is 15.8 Å². The van der Waals surface area contributed by atoms with Crippen LogP contribution in [0, 0.1) is 0 Å². The Hall–Kier alpha value is -1.36. The Morgan fingerprint density at radius 3 is 2.50 bits per heavy atom. The lowest BCUT2D eigenvalue weighted by Crippen LogP contribution is -2.13. The molecule has 0 unspecified atom stereocenters. The van der Waals surface area contributed by atoms with Crippen molar-refractivity contribution in [2.75, 3.05) is 12.8 Å². The molecule has 0 aliphatic rings. The molecular weight excluding hydrogens is 324 g/mol. The number of benzene rings is 1. The molecule has 0 N–H and O–H groups in total. The maximum atomic E-state index is 13.3. The van der Waals surface area contributed by atoms with Crippen molar-refractivity contribution < 1.29 is 48.1 Å². The molecule has 0 amide bonds. The van der Waals surface area contributed by atoms with Crippen molar-refractivity contribution in [2.45, 2.75) is 63.6 Å². The van der Waals surface area contributed by atoms with Gasteiger partial charge in [-0.05, 0) is 18.0 Å². The predicted octanol–water partition coefficient (Wildman–Crippen LogP) is 4.53. The Morgan fingerprint density at radius 2 is 1.83 bits per heavy atom. The highest BCUT2D eigenvalue weighted by Crippen LogP contribution is 2.16. The van der Waals surface area contributed by atoms with E-state index in [9.17, 15) is 13.2 Å². The van der Waals surface area contributed by atoms with Crippen molar-refractivity contribution in [3.05, 3.63) is 35.4 Å². The van der Waals surface area contributed by atoms with Gasteiger partial charge in [0, 0.05) is 28.8 Å². The number of rotatable bonds is 12. The summed E-state index contributed by atoms with van der Waals surface area (Å²) in [5.41, 5.74) is -5.72. The molecule has 0 aliphatic heterocycles. The van der Waals surface area contributed by atoms with Crippen LogP contribution in [-0.2, 0) is 20.3 Å². The SMILES string of the molecule is [2H]c1ccc(CS(=O)(=O)C([2H])([2H])C([2H])([2H])C([2H])([2H])C([2H])([2H])C([2H])([2H])C([2H])([2H])C([2H])([2H])C([2H])([2H])C([2H])([2H])C([2H])([2H])[2H])c(C(=O)OC)c1. The molecule has 0 heterocycles. The largest absolute Gasteiger partial charge is 0.465 e. The second-order valence-corrected chi connectivity index (χ2v) is 5.66. The summed E-state index contributed by atoms with van der Waals surface area (Å²) in [5, 5.41) is 0. The molecule has 1 aromatic carbocycles. The zero-order valence-corrected chi connectivity index (χ0v) is 13.3. The Labute approximate surface area is 177 Å². The maximum absolute atomic E-state index is 13.3. The van der Waals surface area contributed by atoms with E-state index in [4.69, 9.17) is 30.2 Å². The molecule has 5 heteroatoms. The first kappa shape index (κ1) is 5.32. The van der Waals surface area contributed by atoms with Gasteiger partial charge in [-0.3, -0.25) is 0 Å². The van der Waals surface area contributed by atoms with E-state index >= 15 is 0 Å². The lowest BCUT2D eigenvalue weighted by molar-refractivity contribution is 0.0600. The fourth-order valence-corrected chi connectivity index (χ4v) is 2.36. The highest BCUT2D eigenvalue weighted by atomic mass is 32.2. The van der Waals surface area contributed by atoms with Crippen molar-refractivity contribution in [3.63, 3.8) is 0 Å². The summed E-state index contributed by atoms with van der Waals surface area (Å²) in [5.74, 6) is -2.80. The van der Waals surface area contributed by atoms with Gasteiger partial charge in [-0.15, -0.1) is 0 Å². The molecule has 0 bridgehead atoms. The summed E-state index contributed by atoms with van der Waals surface area (Å²) in [6.07, 6.45) is -37.5. The van der Waals surface area contributed by atoms with E-state index in [-0.39, 0.29) is 6.04 Å². The van der Waals surface area contributed by atoms with Crippen molar-refractivity contribution in [1.29, 1.82) is 0 Å². The summed E-state index contributed by atoms with van der Waals surface area (Å²) in [7, 11) is -4.86. The minimum atomic E-state index is -5.74. The maximum Gasteiger partial charge on any atom is 0.338 e. The van der Waals surface area contributed by atoms with Crippen LogP contribution in [0.2, 0.25) is 0 Å². The molecule has 0 radical (unpaired) electrons. The first-order valence-electron chi connectivity index (χ1n) is 17.2. The van der Waals surface area contributed by atoms with Gasteiger partial charge >= 0.3 is 5.97 Å². The zero-order chi connectivity index (χ0) is 37.3. The van der Waals surface area contributed by atoms with Crippen LogP contribution in [0.15, 0.2) is 24.2 Å². The number of hydrogen-bond acceptors (Lipinski definition) is 4. The van der Waals surface area contributed by atoms with E-state index < -0.39 is 96.2 Å². The second-order valence-electron chi connectivity index (χ2n) is 3.94. The number of sulfone groups is 1. The third kappa shape index (κ3) is 7.95. The van der Waals surface area contributed by atoms with Crippen molar-refractivity contribution in [2.24, 2.45) is 0 Å². The number of esters is 1. The number of hydrogen-bond donors (Lipinski definition) is 0. The molecule has 0 aliphatic carbocycles. The summed E-state index contributed by atoms with van der Waals surface area (Å²) in [4.78, 5) is 12.1. The fraction of sp³-hybridized carbons (Fsp3) is 0.632. The molecule has 136 valence electrons. The molecule has 0 atom stereocenters. The summed E-state index contributed by atoms with van der Waals surface area (Å²) >= 11 is 0. The standard InChI is InChI=1S/C19H30O4S/c1-3-4-5-6-7-8-9-12-15-24(21,22)16-17-13-10-11-14-18(17)19(20)23-2/h10-11,13-14H,3-9,12,15-16H2,1-2H3/i1D3,3D2,4D2,5D2,6D2,7D2,8D2,9D2,11D,12D2,15D2. The van der Waals surface area contributed by atoms with E-state index in [1.165, 1.54) is 0 Å². The van der Waals surface area contributed by atoms with Crippen LogP contribution in [0.3, 0.4) is 0 Å². The van der Waals surface area contributed by atoms with Gasteiger partial charge in [0.25, 0.3) is 0 Å². The molecule has 1 rings (SSSR count). The average Bonchev–Trinajstić information content (AvgIpc) is 2.87. The predicted molar refractivity (Wildman–Crippen MR) is 97.9 cm³/mol. The Bertz CT molecular complexity index is 1430.